The van der Waals surface area contributed by atoms with Gasteiger partial charge >= 0.3 is 0 Å². The van der Waals surface area contributed by atoms with Crippen LogP contribution in [0.4, 0.5) is 0 Å². The highest BCUT2D eigenvalue weighted by Gasteiger charge is 2.07. The third-order valence-corrected chi connectivity index (χ3v) is 2.32. The monoisotopic (exact) mass is 215 g/mol. The Kier molecular flexibility index (Phi) is 3.05. The maximum absolute atomic E-state index is 5.25. The van der Waals surface area contributed by atoms with E-state index in [1.807, 2.05) is 42.5 Å². The molecule has 16 heavy (non-hydrogen) atoms. The largest absolute Gasteiger partial charge is 0.481 e. The highest BCUT2D eigenvalue weighted by Crippen LogP contribution is 2.29. The number of methoxy groups -OCH3 is 2. The van der Waals surface area contributed by atoms with Gasteiger partial charge in [0.2, 0.25) is 11.8 Å². The van der Waals surface area contributed by atoms with Crippen molar-refractivity contribution in [2.24, 2.45) is 0 Å². The van der Waals surface area contributed by atoms with Gasteiger partial charge in [0, 0.05) is 11.6 Å². The van der Waals surface area contributed by atoms with Gasteiger partial charge in [-0.05, 0) is 11.6 Å². The van der Waals surface area contributed by atoms with Crippen LogP contribution in [0.25, 0.3) is 11.1 Å². The average Bonchev–Trinajstić information content (AvgIpc) is 2.39. The normalized spacial score (nSPS) is 9.88. The number of ether oxygens (including phenoxy) is 2. The van der Waals surface area contributed by atoms with E-state index in [2.05, 4.69) is 4.98 Å². The van der Waals surface area contributed by atoms with Crippen molar-refractivity contribution in [3.05, 3.63) is 42.5 Å². The summed E-state index contributed by atoms with van der Waals surface area (Å²) in [4.78, 5) is 4.24. The number of pyridine rings is 1. The highest BCUT2D eigenvalue weighted by molar-refractivity contribution is 5.68. The van der Waals surface area contributed by atoms with Crippen LogP contribution in [-0.2, 0) is 0 Å². The van der Waals surface area contributed by atoms with Gasteiger partial charge in [-0.1, -0.05) is 30.3 Å². The summed E-state index contributed by atoms with van der Waals surface area (Å²) in [7, 11) is 3.19. The quantitative estimate of drug-likeness (QED) is 0.788. The second-order valence-corrected chi connectivity index (χ2v) is 3.28. The maximum atomic E-state index is 5.25. The zero-order valence-corrected chi connectivity index (χ0v) is 9.31. The van der Waals surface area contributed by atoms with E-state index in [0.29, 0.717) is 11.8 Å². The van der Waals surface area contributed by atoms with E-state index in [9.17, 15) is 0 Å². The third-order valence-electron chi connectivity index (χ3n) is 2.32. The smallest absolute Gasteiger partial charge is 0.224 e. The van der Waals surface area contributed by atoms with E-state index < -0.39 is 0 Å². The molecule has 0 bridgehead atoms. The number of aromatic nitrogens is 1. The molecule has 0 fully saturated rings. The minimum atomic E-state index is 0.552. The number of benzene rings is 1. The number of rotatable bonds is 3. The molecular formula is C13H13NO2. The molecule has 1 aromatic heterocycles. The Labute approximate surface area is 94.7 Å². The molecule has 0 spiro atoms. The lowest BCUT2D eigenvalue weighted by molar-refractivity contribution is 0.366. The van der Waals surface area contributed by atoms with E-state index in [-0.39, 0.29) is 0 Å². The van der Waals surface area contributed by atoms with Crippen molar-refractivity contribution < 1.29 is 9.47 Å². The molecule has 0 aliphatic rings. The fourth-order valence-electron chi connectivity index (χ4n) is 1.53. The lowest BCUT2D eigenvalue weighted by Gasteiger charge is -2.08. The predicted molar refractivity (Wildman–Crippen MR) is 62.8 cm³/mol. The molecular weight excluding hydrogens is 202 g/mol. The van der Waals surface area contributed by atoms with Crippen molar-refractivity contribution in [1.82, 2.24) is 4.98 Å². The first kappa shape index (κ1) is 10.5. The van der Waals surface area contributed by atoms with Crippen molar-refractivity contribution in [2.75, 3.05) is 14.2 Å². The average molecular weight is 215 g/mol. The summed E-state index contributed by atoms with van der Waals surface area (Å²) in [5.41, 5.74) is 2.04. The Morgan fingerprint density at radius 2 is 1.62 bits per heavy atom. The van der Waals surface area contributed by atoms with Crippen LogP contribution in [0.3, 0.4) is 0 Å². The molecule has 3 heteroatoms. The summed E-state index contributed by atoms with van der Waals surface area (Å²) in [6.45, 7) is 0. The molecule has 0 aliphatic carbocycles. The second-order valence-electron chi connectivity index (χ2n) is 3.28. The van der Waals surface area contributed by atoms with Crippen molar-refractivity contribution in [3.8, 4) is 22.9 Å². The van der Waals surface area contributed by atoms with Crippen LogP contribution >= 0.6 is 0 Å². The van der Waals surface area contributed by atoms with Crippen LogP contribution < -0.4 is 9.47 Å². The molecule has 0 unspecified atom stereocenters. The molecule has 1 aromatic carbocycles. The summed E-state index contributed by atoms with van der Waals surface area (Å²) < 4.78 is 10.3. The zero-order valence-electron chi connectivity index (χ0n) is 9.31. The molecule has 2 rings (SSSR count). The minimum Gasteiger partial charge on any atom is -0.481 e. The summed E-state index contributed by atoms with van der Waals surface area (Å²) in [6, 6.07) is 13.8. The van der Waals surface area contributed by atoms with E-state index >= 15 is 0 Å². The topological polar surface area (TPSA) is 31.4 Å². The first-order chi connectivity index (χ1) is 7.85. The number of nitrogens with zero attached hydrogens (tertiary/aromatic N) is 1. The number of hydrogen-bond acceptors (Lipinski definition) is 3. The molecule has 1 heterocycles. The Bertz CT molecular complexity index is 469. The summed E-state index contributed by atoms with van der Waals surface area (Å²) in [6.07, 6.45) is 0. The van der Waals surface area contributed by atoms with E-state index in [0.717, 1.165) is 11.1 Å². The molecule has 0 amide bonds. The Hall–Kier alpha value is -2.03. The van der Waals surface area contributed by atoms with E-state index in [4.69, 9.17) is 9.47 Å². The lowest BCUT2D eigenvalue weighted by Crippen LogP contribution is -1.94. The summed E-state index contributed by atoms with van der Waals surface area (Å²) in [5.74, 6) is 1.13. The van der Waals surface area contributed by atoms with Crippen LogP contribution in [0.15, 0.2) is 42.5 Å². The lowest BCUT2D eigenvalue weighted by atomic mass is 10.1. The first-order valence-corrected chi connectivity index (χ1v) is 4.99. The second kappa shape index (κ2) is 4.66. The van der Waals surface area contributed by atoms with Crippen LogP contribution in [-0.4, -0.2) is 19.2 Å². The highest BCUT2D eigenvalue weighted by atomic mass is 16.5. The predicted octanol–water partition coefficient (Wildman–Crippen LogP) is 2.77. The van der Waals surface area contributed by atoms with Crippen LogP contribution in [0.1, 0.15) is 0 Å². The SMILES string of the molecule is COc1ccc(-c2ccccc2)c(OC)n1. The Morgan fingerprint density at radius 1 is 0.875 bits per heavy atom. The van der Waals surface area contributed by atoms with Crippen molar-refractivity contribution in [1.29, 1.82) is 0 Å². The summed E-state index contributed by atoms with van der Waals surface area (Å²) in [5, 5.41) is 0. The van der Waals surface area contributed by atoms with E-state index in [1.165, 1.54) is 0 Å². The van der Waals surface area contributed by atoms with Gasteiger partial charge in [-0.25, -0.2) is 0 Å². The van der Waals surface area contributed by atoms with Gasteiger partial charge in [-0.2, -0.15) is 4.98 Å². The zero-order chi connectivity index (χ0) is 11.4. The van der Waals surface area contributed by atoms with Gasteiger partial charge in [0.25, 0.3) is 0 Å². The Morgan fingerprint density at radius 3 is 2.25 bits per heavy atom. The summed E-state index contributed by atoms with van der Waals surface area (Å²) >= 11 is 0. The van der Waals surface area contributed by atoms with Crippen molar-refractivity contribution in [3.63, 3.8) is 0 Å². The molecule has 0 radical (unpaired) electrons. The molecule has 3 nitrogen and oxygen atoms in total. The Balaban J connectivity index is 2.49. The van der Waals surface area contributed by atoms with Gasteiger partial charge in [0.1, 0.15) is 0 Å². The third kappa shape index (κ3) is 1.98. The maximum Gasteiger partial charge on any atom is 0.224 e. The molecule has 82 valence electrons. The fourth-order valence-corrected chi connectivity index (χ4v) is 1.53. The van der Waals surface area contributed by atoms with Gasteiger partial charge in [0.15, 0.2) is 0 Å². The molecule has 0 saturated heterocycles. The standard InChI is InChI=1S/C13H13NO2/c1-15-12-9-8-11(13(14-12)16-2)10-6-4-3-5-7-10/h3-9H,1-2H3. The van der Waals surface area contributed by atoms with Gasteiger partial charge in [-0.3, -0.25) is 0 Å². The molecule has 0 atom stereocenters. The van der Waals surface area contributed by atoms with Crippen LogP contribution in [0.2, 0.25) is 0 Å². The van der Waals surface area contributed by atoms with Crippen LogP contribution in [0, 0.1) is 0 Å². The number of hydrogen-bond donors (Lipinski definition) is 0. The van der Waals surface area contributed by atoms with Gasteiger partial charge in [-0.15, -0.1) is 0 Å². The first-order valence-electron chi connectivity index (χ1n) is 4.99. The van der Waals surface area contributed by atoms with E-state index in [1.54, 1.807) is 14.2 Å². The van der Waals surface area contributed by atoms with Gasteiger partial charge in [0.05, 0.1) is 14.2 Å². The fraction of sp³-hybridized carbons (Fsp3) is 0.154. The minimum absolute atomic E-state index is 0.552. The molecule has 0 saturated carbocycles. The molecule has 0 N–H and O–H groups in total. The van der Waals surface area contributed by atoms with Crippen molar-refractivity contribution >= 4 is 0 Å². The van der Waals surface area contributed by atoms with Gasteiger partial charge < -0.3 is 9.47 Å². The molecule has 2 aromatic rings. The van der Waals surface area contributed by atoms with Crippen molar-refractivity contribution in [2.45, 2.75) is 0 Å². The molecule has 0 aliphatic heterocycles. The van der Waals surface area contributed by atoms with Crippen LogP contribution in [0.5, 0.6) is 11.8 Å².